The van der Waals surface area contributed by atoms with Crippen molar-refractivity contribution in [3.63, 3.8) is 0 Å². The Morgan fingerprint density at radius 1 is 1.44 bits per heavy atom. The monoisotopic (exact) mass is 264 g/mol. The van der Waals surface area contributed by atoms with Crippen molar-refractivity contribution in [1.82, 2.24) is 9.55 Å². The predicted octanol–water partition coefficient (Wildman–Crippen LogP) is 2.11. The molecular weight excluding hydrogens is 248 g/mol. The van der Waals surface area contributed by atoms with Crippen molar-refractivity contribution in [3.8, 4) is 0 Å². The lowest BCUT2D eigenvalue weighted by Gasteiger charge is -2.23. The molecule has 2 aromatic rings. The van der Waals surface area contributed by atoms with Crippen LogP contribution < -0.4 is 5.56 Å². The Kier molecular flexibility index (Phi) is 3.45. The summed E-state index contributed by atoms with van der Waals surface area (Å²) < 4.78 is 6.90. The number of hydrogen-bond donors (Lipinski definition) is 1. The van der Waals surface area contributed by atoms with Gasteiger partial charge >= 0.3 is 0 Å². The van der Waals surface area contributed by atoms with E-state index in [1.807, 2.05) is 19.9 Å². The topological polar surface area (TPSA) is 44.1 Å². The largest absolute Gasteiger partial charge is 0.377 e. The lowest BCUT2D eigenvalue weighted by molar-refractivity contribution is 0.00728. The summed E-state index contributed by atoms with van der Waals surface area (Å²) in [6, 6.07) is 5.36. The van der Waals surface area contributed by atoms with E-state index in [1.165, 1.54) is 0 Å². The third kappa shape index (κ3) is 2.57. The van der Waals surface area contributed by atoms with Gasteiger partial charge in [0.25, 0.3) is 5.56 Å². The molecule has 0 aliphatic carbocycles. The van der Waals surface area contributed by atoms with Gasteiger partial charge in [-0.05, 0) is 32.0 Å². The van der Waals surface area contributed by atoms with Crippen LogP contribution >= 0.6 is 12.6 Å². The van der Waals surface area contributed by atoms with Crippen LogP contribution in [0.4, 0.5) is 0 Å². The van der Waals surface area contributed by atoms with E-state index in [2.05, 4.69) is 17.6 Å². The molecule has 96 valence electrons. The molecule has 0 amide bonds. The Labute approximate surface area is 111 Å². The number of fused-ring (bicyclic) bond motifs is 1. The first-order chi connectivity index (χ1) is 8.43. The van der Waals surface area contributed by atoms with Crippen LogP contribution in [0.15, 0.2) is 34.2 Å². The molecule has 0 radical (unpaired) electrons. The first kappa shape index (κ1) is 13.1. The third-order valence-corrected chi connectivity index (χ3v) is 3.19. The molecule has 0 saturated heterocycles. The second-order valence-corrected chi connectivity index (χ2v) is 5.36. The van der Waals surface area contributed by atoms with E-state index >= 15 is 0 Å². The van der Waals surface area contributed by atoms with Gasteiger partial charge in [-0.15, -0.1) is 12.6 Å². The zero-order valence-electron chi connectivity index (χ0n) is 10.7. The van der Waals surface area contributed by atoms with Crippen LogP contribution in [0.2, 0.25) is 0 Å². The Balaban J connectivity index is 2.54. The number of ether oxygens (including phenoxy) is 1. The summed E-state index contributed by atoms with van der Waals surface area (Å²) in [6.07, 6.45) is 1.56. The van der Waals surface area contributed by atoms with Crippen LogP contribution in [0, 0.1) is 0 Å². The van der Waals surface area contributed by atoms with Crippen LogP contribution in [0.3, 0.4) is 0 Å². The van der Waals surface area contributed by atoms with E-state index in [0.29, 0.717) is 17.4 Å². The minimum Gasteiger partial charge on any atom is -0.377 e. The fourth-order valence-electron chi connectivity index (χ4n) is 1.73. The average molecular weight is 264 g/mol. The smallest absolute Gasteiger partial charge is 0.261 e. The summed E-state index contributed by atoms with van der Waals surface area (Å²) in [6.45, 7) is 4.32. The molecule has 0 aliphatic heterocycles. The van der Waals surface area contributed by atoms with Crippen LogP contribution in [-0.2, 0) is 11.3 Å². The van der Waals surface area contributed by atoms with Crippen LogP contribution in [0.5, 0.6) is 0 Å². The maximum Gasteiger partial charge on any atom is 0.261 e. The van der Waals surface area contributed by atoms with Gasteiger partial charge in [0, 0.05) is 12.0 Å². The first-order valence-electron chi connectivity index (χ1n) is 5.66. The molecule has 2 rings (SSSR count). The summed E-state index contributed by atoms with van der Waals surface area (Å²) in [7, 11) is 1.63. The number of benzene rings is 1. The number of methoxy groups -OCH3 is 1. The molecule has 1 aromatic carbocycles. The van der Waals surface area contributed by atoms with Gasteiger partial charge < -0.3 is 4.74 Å². The molecular formula is C13H16N2O2S. The van der Waals surface area contributed by atoms with Gasteiger partial charge in [-0.1, -0.05) is 0 Å². The van der Waals surface area contributed by atoms with Crippen molar-refractivity contribution >= 4 is 23.5 Å². The molecule has 1 heterocycles. The van der Waals surface area contributed by atoms with E-state index in [9.17, 15) is 4.79 Å². The van der Waals surface area contributed by atoms with Crippen molar-refractivity contribution < 1.29 is 4.74 Å². The number of rotatable bonds is 3. The van der Waals surface area contributed by atoms with Gasteiger partial charge in [-0.25, -0.2) is 4.98 Å². The maximum atomic E-state index is 12.3. The fourth-order valence-corrected chi connectivity index (χ4v) is 1.94. The van der Waals surface area contributed by atoms with Gasteiger partial charge in [0.15, 0.2) is 0 Å². The molecule has 0 N–H and O–H groups in total. The molecule has 4 nitrogen and oxygen atoms in total. The van der Waals surface area contributed by atoms with Crippen molar-refractivity contribution in [1.29, 1.82) is 0 Å². The number of hydrogen-bond acceptors (Lipinski definition) is 4. The van der Waals surface area contributed by atoms with Crippen molar-refractivity contribution in [2.45, 2.75) is 30.9 Å². The maximum absolute atomic E-state index is 12.3. The van der Waals surface area contributed by atoms with Crippen molar-refractivity contribution in [2.24, 2.45) is 0 Å². The Bertz CT molecular complexity index is 634. The Morgan fingerprint density at radius 3 is 2.83 bits per heavy atom. The highest BCUT2D eigenvalue weighted by Crippen LogP contribution is 2.14. The number of thiol groups is 1. The lowest BCUT2D eigenvalue weighted by atomic mass is 10.1. The highest BCUT2D eigenvalue weighted by Gasteiger charge is 2.18. The standard InChI is InChI=1S/C13H16N2O2S/c1-13(2,17-3)7-15-8-14-11-5-4-9(18)6-10(11)12(15)16/h4-6,8,18H,7H2,1-3H3. The second-order valence-electron chi connectivity index (χ2n) is 4.84. The Hall–Kier alpha value is -1.33. The minimum atomic E-state index is -0.405. The van der Waals surface area contributed by atoms with Crippen LogP contribution in [0.25, 0.3) is 10.9 Å². The fraction of sp³-hybridized carbons (Fsp3) is 0.385. The highest BCUT2D eigenvalue weighted by atomic mass is 32.1. The van der Waals surface area contributed by atoms with Gasteiger partial charge in [-0.3, -0.25) is 9.36 Å². The Morgan fingerprint density at radius 2 is 2.17 bits per heavy atom. The molecule has 1 aromatic heterocycles. The second kappa shape index (κ2) is 4.74. The van der Waals surface area contributed by atoms with Crippen LogP contribution in [0.1, 0.15) is 13.8 Å². The van der Waals surface area contributed by atoms with E-state index in [-0.39, 0.29) is 5.56 Å². The number of aromatic nitrogens is 2. The lowest BCUT2D eigenvalue weighted by Crippen LogP contribution is -2.34. The van der Waals surface area contributed by atoms with Crippen molar-refractivity contribution in [3.05, 3.63) is 34.9 Å². The molecule has 0 saturated carbocycles. The molecule has 0 unspecified atom stereocenters. The van der Waals surface area contributed by atoms with E-state index in [1.54, 1.807) is 30.1 Å². The zero-order valence-corrected chi connectivity index (χ0v) is 11.6. The van der Waals surface area contributed by atoms with Gasteiger partial charge in [-0.2, -0.15) is 0 Å². The summed E-state index contributed by atoms with van der Waals surface area (Å²) in [4.78, 5) is 17.3. The number of nitrogens with zero attached hydrogens (tertiary/aromatic N) is 2. The summed E-state index contributed by atoms with van der Waals surface area (Å²) in [5.74, 6) is 0. The van der Waals surface area contributed by atoms with Gasteiger partial charge in [0.1, 0.15) is 0 Å². The quantitative estimate of drug-likeness (QED) is 0.864. The van der Waals surface area contributed by atoms with Gasteiger partial charge in [0.05, 0.1) is 29.4 Å². The predicted molar refractivity (Wildman–Crippen MR) is 74.3 cm³/mol. The summed E-state index contributed by atoms with van der Waals surface area (Å²) >= 11 is 4.25. The SMILES string of the molecule is COC(C)(C)Cn1cnc2ccc(S)cc2c1=O. The summed E-state index contributed by atoms with van der Waals surface area (Å²) in [5, 5.41) is 0.580. The van der Waals surface area contributed by atoms with Gasteiger partial charge in [0.2, 0.25) is 0 Å². The minimum absolute atomic E-state index is 0.0685. The third-order valence-electron chi connectivity index (χ3n) is 2.91. The van der Waals surface area contributed by atoms with Crippen molar-refractivity contribution in [2.75, 3.05) is 7.11 Å². The molecule has 0 atom stereocenters. The van der Waals surface area contributed by atoms with E-state index in [0.717, 1.165) is 4.90 Å². The summed E-state index contributed by atoms with van der Waals surface area (Å²) in [5.41, 5.74) is 0.211. The molecule has 0 spiro atoms. The normalized spacial score (nSPS) is 12.0. The molecule has 0 fully saturated rings. The molecule has 5 heteroatoms. The average Bonchev–Trinajstić information content (AvgIpc) is 2.33. The van der Waals surface area contributed by atoms with Crippen LogP contribution in [-0.4, -0.2) is 22.3 Å². The highest BCUT2D eigenvalue weighted by molar-refractivity contribution is 7.80. The van der Waals surface area contributed by atoms with E-state index < -0.39 is 5.60 Å². The first-order valence-corrected chi connectivity index (χ1v) is 6.11. The molecule has 18 heavy (non-hydrogen) atoms. The molecule has 0 bridgehead atoms. The zero-order chi connectivity index (χ0) is 13.3. The molecule has 0 aliphatic rings. The van der Waals surface area contributed by atoms with E-state index in [4.69, 9.17) is 4.74 Å².